The minimum Gasteiger partial charge on any atom is -0.350 e. The summed E-state index contributed by atoms with van der Waals surface area (Å²) in [6.07, 6.45) is 0.966. The van der Waals surface area contributed by atoms with Crippen molar-refractivity contribution < 1.29 is 13.6 Å². The molecule has 0 bridgehead atoms. The summed E-state index contributed by atoms with van der Waals surface area (Å²) < 4.78 is 26.5. The van der Waals surface area contributed by atoms with Crippen molar-refractivity contribution in [2.45, 2.75) is 19.0 Å². The van der Waals surface area contributed by atoms with Gasteiger partial charge in [0, 0.05) is 25.2 Å². The molecule has 2 heterocycles. The molecule has 1 aromatic heterocycles. The number of amides is 1. The van der Waals surface area contributed by atoms with Crippen LogP contribution in [-0.2, 0) is 13.0 Å². The summed E-state index contributed by atoms with van der Waals surface area (Å²) in [4.78, 5) is 14.8. The molecule has 2 aromatic carbocycles. The predicted octanol–water partition coefficient (Wildman–Crippen LogP) is 4.56. The average molecular weight is 398 g/mol. The number of hydrogen-bond acceptors (Lipinski definition) is 3. The third kappa shape index (κ3) is 3.98. The molecule has 0 radical (unpaired) electrons. The first-order valence-electron chi connectivity index (χ1n) is 9.18. The number of thiophene rings is 1. The van der Waals surface area contributed by atoms with E-state index in [1.807, 2.05) is 11.4 Å². The van der Waals surface area contributed by atoms with E-state index in [2.05, 4.69) is 39.9 Å². The van der Waals surface area contributed by atoms with E-state index in [1.165, 1.54) is 17.2 Å². The fourth-order valence-electron chi connectivity index (χ4n) is 3.63. The first kappa shape index (κ1) is 18.8. The molecule has 1 aliphatic rings. The Bertz CT molecular complexity index is 974. The molecule has 144 valence electrons. The molecule has 4 rings (SSSR count). The lowest BCUT2D eigenvalue weighted by Crippen LogP contribution is -2.40. The summed E-state index contributed by atoms with van der Waals surface area (Å²) in [5, 5.41) is 7.01. The number of nitrogens with zero attached hydrogens (tertiary/aromatic N) is 1. The predicted molar refractivity (Wildman–Crippen MR) is 106 cm³/mol. The van der Waals surface area contributed by atoms with Crippen LogP contribution < -0.4 is 5.32 Å². The zero-order valence-corrected chi connectivity index (χ0v) is 16.0. The summed E-state index contributed by atoms with van der Waals surface area (Å²) in [6, 6.07) is 13.7. The largest absolute Gasteiger partial charge is 0.350 e. The highest BCUT2D eigenvalue weighted by Crippen LogP contribution is 2.28. The molecule has 1 aliphatic heterocycles. The van der Waals surface area contributed by atoms with Crippen LogP contribution in [-0.4, -0.2) is 23.9 Å². The van der Waals surface area contributed by atoms with Crippen LogP contribution >= 0.6 is 11.3 Å². The lowest BCUT2D eigenvalue weighted by atomic mass is 9.97. The van der Waals surface area contributed by atoms with E-state index >= 15 is 0 Å². The van der Waals surface area contributed by atoms with E-state index in [0.717, 1.165) is 37.2 Å². The maximum atomic E-state index is 13.4. The van der Waals surface area contributed by atoms with Crippen molar-refractivity contribution in [3.05, 3.63) is 93.2 Å². The van der Waals surface area contributed by atoms with Crippen LogP contribution in [0.1, 0.15) is 33.1 Å². The quantitative estimate of drug-likeness (QED) is 0.684. The Balaban J connectivity index is 1.50. The summed E-state index contributed by atoms with van der Waals surface area (Å²) in [5.74, 6) is -2.38. The minimum absolute atomic E-state index is 0.0221. The van der Waals surface area contributed by atoms with Gasteiger partial charge in [-0.3, -0.25) is 9.69 Å². The fraction of sp³-hybridized carbons (Fsp3) is 0.227. The third-order valence-corrected chi connectivity index (χ3v) is 5.87. The summed E-state index contributed by atoms with van der Waals surface area (Å²) in [6.45, 7) is 2.12. The third-order valence-electron chi connectivity index (χ3n) is 5.17. The van der Waals surface area contributed by atoms with Crippen molar-refractivity contribution in [3.8, 4) is 0 Å². The lowest BCUT2D eigenvalue weighted by molar-refractivity contribution is 0.0927. The number of nitrogens with one attached hydrogen (secondary N) is 1. The van der Waals surface area contributed by atoms with E-state index in [0.29, 0.717) is 6.54 Å². The van der Waals surface area contributed by atoms with Gasteiger partial charge in [0.25, 0.3) is 5.91 Å². The van der Waals surface area contributed by atoms with Gasteiger partial charge in [-0.05, 0) is 58.1 Å². The van der Waals surface area contributed by atoms with Crippen LogP contribution in [0.2, 0.25) is 0 Å². The second-order valence-electron chi connectivity index (χ2n) is 6.90. The summed E-state index contributed by atoms with van der Waals surface area (Å²) in [5.41, 5.74) is 3.94. The minimum atomic E-state index is -1.02. The Morgan fingerprint density at radius 2 is 1.93 bits per heavy atom. The van der Waals surface area contributed by atoms with Gasteiger partial charge in [-0.2, -0.15) is 11.3 Å². The second kappa shape index (κ2) is 8.20. The van der Waals surface area contributed by atoms with Gasteiger partial charge < -0.3 is 5.32 Å². The van der Waals surface area contributed by atoms with Gasteiger partial charge in [-0.1, -0.05) is 24.3 Å². The Kier molecular flexibility index (Phi) is 5.50. The van der Waals surface area contributed by atoms with Gasteiger partial charge in [0.15, 0.2) is 11.6 Å². The van der Waals surface area contributed by atoms with Crippen molar-refractivity contribution in [1.82, 2.24) is 10.2 Å². The smallest absolute Gasteiger partial charge is 0.251 e. The Labute approximate surface area is 166 Å². The number of carbonyl (C=O) groups excluding carboxylic acids is 1. The van der Waals surface area contributed by atoms with E-state index < -0.39 is 17.5 Å². The van der Waals surface area contributed by atoms with Crippen molar-refractivity contribution >= 4 is 17.2 Å². The van der Waals surface area contributed by atoms with E-state index in [1.54, 1.807) is 11.3 Å². The summed E-state index contributed by atoms with van der Waals surface area (Å²) in [7, 11) is 0. The Morgan fingerprint density at radius 1 is 1.11 bits per heavy atom. The highest BCUT2D eigenvalue weighted by Gasteiger charge is 2.25. The standard InChI is InChI=1S/C22H20F2N2OS/c23-19-6-5-16(11-20(19)24)22(27)25-12-21(18-8-10-28-14-18)26-9-7-15-3-1-2-4-17(15)13-26/h1-6,8,10-11,14,21H,7,9,12-13H2,(H,25,27)/t21-/m0/s1. The van der Waals surface area contributed by atoms with E-state index in [-0.39, 0.29) is 11.6 Å². The molecule has 28 heavy (non-hydrogen) atoms. The van der Waals surface area contributed by atoms with Gasteiger partial charge in [0.1, 0.15) is 0 Å². The molecule has 6 heteroatoms. The van der Waals surface area contributed by atoms with Crippen LogP contribution in [0.3, 0.4) is 0 Å². The van der Waals surface area contributed by atoms with Crippen molar-refractivity contribution in [2.75, 3.05) is 13.1 Å². The maximum absolute atomic E-state index is 13.4. The van der Waals surface area contributed by atoms with Gasteiger partial charge >= 0.3 is 0 Å². The molecule has 1 atom stereocenters. The van der Waals surface area contributed by atoms with E-state index in [9.17, 15) is 13.6 Å². The van der Waals surface area contributed by atoms with Crippen LogP contribution in [0.5, 0.6) is 0 Å². The fourth-order valence-corrected chi connectivity index (χ4v) is 4.34. The second-order valence-corrected chi connectivity index (χ2v) is 7.68. The molecule has 3 nitrogen and oxygen atoms in total. The Morgan fingerprint density at radius 3 is 2.68 bits per heavy atom. The van der Waals surface area contributed by atoms with Gasteiger partial charge in [0.2, 0.25) is 0 Å². The SMILES string of the molecule is O=C(NC[C@@H](c1ccsc1)N1CCc2ccccc2C1)c1ccc(F)c(F)c1. The number of carbonyl (C=O) groups is 1. The zero-order valence-electron chi connectivity index (χ0n) is 15.2. The number of hydrogen-bond donors (Lipinski definition) is 1. The molecule has 0 aliphatic carbocycles. The average Bonchev–Trinajstić information content (AvgIpc) is 3.24. The number of halogens is 2. The van der Waals surface area contributed by atoms with E-state index in [4.69, 9.17) is 0 Å². The van der Waals surface area contributed by atoms with Gasteiger partial charge in [0.05, 0.1) is 6.04 Å². The van der Waals surface area contributed by atoms with Gasteiger partial charge in [-0.25, -0.2) is 8.78 Å². The number of fused-ring (bicyclic) bond motifs is 1. The highest BCUT2D eigenvalue weighted by molar-refractivity contribution is 7.07. The molecule has 0 saturated heterocycles. The monoisotopic (exact) mass is 398 g/mol. The zero-order chi connectivity index (χ0) is 19.5. The highest BCUT2D eigenvalue weighted by atomic mass is 32.1. The molecule has 1 N–H and O–H groups in total. The normalized spacial score (nSPS) is 15.1. The van der Waals surface area contributed by atoms with Gasteiger partial charge in [-0.15, -0.1) is 0 Å². The van der Waals surface area contributed by atoms with Crippen LogP contribution in [0.15, 0.2) is 59.3 Å². The topological polar surface area (TPSA) is 32.3 Å². The number of rotatable bonds is 5. The van der Waals surface area contributed by atoms with Crippen LogP contribution in [0.4, 0.5) is 8.78 Å². The molecule has 0 saturated carbocycles. The Hall–Kier alpha value is -2.57. The molecule has 3 aromatic rings. The van der Waals surface area contributed by atoms with Crippen molar-refractivity contribution in [1.29, 1.82) is 0 Å². The lowest BCUT2D eigenvalue weighted by Gasteiger charge is -2.35. The molecular weight excluding hydrogens is 378 g/mol. The molecule has 0 spiro atoms. The number of benzene rings is 2. The summed E-state index contributed by atoms with van der Waals surface area (Å²) >= 11 is 1.62. The van der Waals surface area contributed by atoms with Crippen molar-refractivity contribution in [2.24, 2.45) is 0 Å². The molecular formula is C22H20F2N2OS. The molecule has 0 fully saturated rings. The molecule has 0 unspecified atom stereocenters. The first-order valence-corrected chi connectivity index (χ1v) is 10.1. The van der Waals surface area contributed by atoms with Crippen LogP contribution in [0, 0.1) is 11.6 Å². The first-order chi connectivity index (χ1) is 13.6. The van der Waals surface area contributed by atoms with Crippen molar-refractivity contribution in [3.63, 3.8) is 0 Å². The maximum Gasteiger partial charge on any atom is 0.251 e. The van der Waals surface area contributed by atoms with Crippen LogP contribution in [0.25, 0.3) is 0 Å². The molecule has 1 amide bonds.